The van der Waals surface area contributed by atoms with E-state index in [9.17, 15) is 4.79 Å². The zero-order valence-corrected chi connectivity index (χ0v) is 15.4. The second-order valence-electron chi connectivity index (χ2n) is 6.44. The number of aromatic nitrogens is 4. The van der Waals surface area contributed by atoms with Crippen molar-refractivity contribution in [1.82, 2.24) is 25.1 Å². The molecule has 1 fully saturated rings. The minimum Gasteiger partial charge on any atom is -0.374 e. The van der Waals surface area contributed by atoms with Crippen molar-refractivity contribution < 1.29 is 0 Å². The molecule has 136 valence electrons. The van der Waals surface area contributed by atoms with Gasteiger partial charge in [-0.05, 0) is 24.1 Å². The van der Waals surface area contributed by atoms with Gasteiger partial charge < -0.3 is 15.6 Å². The molecule has 3 aromatic rings. The number of nitrogens with one attached hydrogen (secondary N) is 1. The summed E-state index contributed by atoms with van der Waals surface area (Å²) in [6, 6.07) is 3.91. The first-order valence-corrected chi connectivity index (χ1v) is 9.51. The van der Waals surface area contributed by atoms with Gasteiger partial charge in [0.25, 0.3) is 5.56 Å². The van der Waals surface area contributed by atoms with Crippen LogP contribution < -0.4 is 16.2 Å². The number of H-pyrrole nitrogens is 1. The van der Waals surface area contributed by atoms with E-state index in [1.807, 2.05) is 25.3 Å². The minimum atomic E-state index is -0.0242. The average molecular weight is 371 g/mol. The van der Waals surface area contributed by atoms with Crippen LogP contribution in [0.5, 0.6) is 0 Å². The van der Waals surface area contributed by atoms with E-state index in [0.29, 0.717) is 11.6 Å². The predicted molar refractivity (Wildman–Crippen MR) is 104 cm³/mol. The van der Waals surface area contributed by atoms with Crippen LogP contribution in [0.3, 0.4) is 0 Å². The first-order valence-electron chi connectivity index (χ1n) is 8.69. The number of fused-ring (bicyclic) bond motifs is 1. The van der Waals surface area contributed by atoms with Gasteiger partial charge in [-0.25, -0.2) is 0 Å². The van der Waals surface area contributed by atoms with Crippen molar-refractivity contribution in [2.75, 3.05) is 36.8 Å². The molecule has 0 spiro atoms. The highest BCUT2D eigenvalue weighted by atomic mass is 32.1. The lowest BCUT2D eigenvalue weighted by Gasteiger charge is -2.34. The number of pyridine rings is 2. The van der Waals surface area contributed by atoms with Gasteiger partial charge >= 0.3 is 0 Å². The summed E-state index contributed by atoms with van der Waals surface area (Å²) in [5.41, 5.74) is 9.15. The van der Waals surface area contributed by atoms with E-state index < -0.39 is 0 Å². The Balaban J connectivity index is 1.44. The molecule has 4 rings (SSSR count). The van der Waals surface area contributed by atoms with E-state index in [2.05, 4.69) is 30.0 Å². The van der Waals surface area contributed by atoms with E-state index in [1.165, 1.54) is 11.3 Å². The third-order valence-electron chi connectivity index (χ3n) is 4.69. The Hall–Kier alpha value is -2.52. The number of aryl methyl sites for hydroxylation is 1. The van der Waals surface area contributed by atoms with Crippen molar-refractivity contribution in [3.63, 3.8) is 0 Å². The van der Waals surface area contributed by atoms with Crippen LogP contribution in [0, 0.1) is 0 Å². The Kier molecular flexibility index (Phi) is 4.56. The van der Waals surface area contributed by atoms with Gasteiger partial charge in [0.15, 0.2) is 0 Å². The summed E-state index contributed by atoms with van der Waals surface area (Å²) in [5.74, 6) is 0. The lowest BCUT2D eigenvalue weighted by atomic mass is 10.1. The Morgan fingerprint density at radius 2 is 2.04 bits per heavy atom. The smallest absolute Gasteiger partial charge is 0.251 e. The number of nitrogens with zero attached hydrogens (tertiary/aromatic N) is 5. The normalized spacial score (nSPS) is 15.7. The maximum Gasteiger partial charge on any atom is 0.251 e. The maximum absolute atomic E-state index is 12.0. The zero-order chi connectivity index (χ0) is 18.1. The van der Waals surface area contributed by atoms with E-state index in [4.69, 9.17) is 5.73 Å². The van der Waals surface area contributed by atoms with Crippen LogP contribution in [0.1, 0.15) is 18.1 Å². The van der Waals surface area contributed by atoms with Crippen molar-refractivity contribution in [1.29, 1.82) is 0 Å². The zero-order valence-electron chi connectivity index (χ0n) is 14.6. The second kappa shape index (κ2) is 7.00. The summed E-state index contributed by atoms with van der Waals surface area (Å²) in [4.78, 5) is 24.1. The van der Waals surface area contributed by atoms with Crippen molar-refractivity contribution in [3.05, 3.63) is 39.8 Å². The molecule has 4 heterocycles. The summed E-state index contributed by atoms with van der Waals surface area (Å²) < 4.78 is 0. The number of nitrogen functional groups attached to an aromatic ring is 1. The first-order chi connectivity index (χ1) is 12.6. The lowest BCUT2D eigenvalue weighted by Crippen LogP contribution is -2.46. The first kappa shape index (κ1) is 16.9. The summed E-state index contributed by atoms with van der Waals surface area (Å²) in [6.07, 6.45) is 2.61. The molecule has 9 heteroatoms. The monoisotopic (exact) mass is 371 g/mol. The van der Waals surface area contributed by atoms with Crippen LogP contribution in [0.15, 0.2) is 23.1 Å². The van der Waals surface area contributed by atoms with Gasteiger partial charge in [0.05, 0.1) is 11.0 Å². The molecular formula is C17H21N7OS. The number of piperazine rings is 1. The molecule has 1 aliphatic heterocycles. The maximum atomic E-state index is 12.0. The van der Waals surface area contributed by atoms with E-state index >= 15 is 0 Å². The number of aromatic amines is 1. The van der Waals surface area contributed by atoms with E-state index in [0.717, 1.165) is 60.0 Å². The van der Waals surface area contributed by atoms with Crippen LogP contribution in [-0.4, -0.2) is 51.2 Å². The molecule has 1 saturated heterocycles. The van der Waals surface area contributed by atoms with Gasteiger partial charge in [0.2, 0.25) is 10.3 Å². The van der Waals surface area contributed by atoms with Gasteiger partial charge in [-0.15, -0.1) is 10.2 Å². The molecule has 1 aliphatic rings. The average Bonchev–Trinajstić information content (AvgIpc) is 3.08. The topological polar surface area (TPSA) is 104 Å². The molecule has 0 bridgehead atoms. The molecule has 0 amide bonds. The number of nitrogens with two attached hydrogens (primary N) is 1. The predicted octanol–water partition coefficient (Wildman–Crippen LogP) is 1.24. The standard InChI is InChI=1S/C17H21N7OS/c1-2-12-8-13-14(20-15(12)25)7-11(9-19-13)10-23-3-5-24(6-4-23)17-22-21-16(18)26-17/h7-9H,2-6,10H2,1H3,(H2,18,21)(H,20,25). The van der Waals surface area contributed by atoms with E-state index in [1.54, 1.807) is 0 Å². The molecule has 0 unspecified atom stereocenters. The van der Waals surface area contributed by atoms with Gasteiger partial charge in [0.1, 0.15) is 0 Å². The van der Waals surface area contributed by atoms with Crippen molar-refractivity contribution in [2.45, 2.75) is 19.9 Å². The van der Waals surface area contributed by atoms with Gasteiger partial charge in [0, 0.05) is 44.5 Å². The number of anilines is 2. The molecule has 0 aliphatic carbocycles. The van der Waals surface area contributed by atoms with Crippen LogP contribution >= 0.6 is 11.3 Å². The lowest BCUT2D eigenvalue weighted by molar-refractivity contribution is 0.249. The highest BCUT2D eigenvalue weighted by molar-refractivity contribution is 7.18. The van der Waals surface area contributed by atoms with Gasteiger partial charge in [-0.3, -0.25) is 14.7 Å². The highest BCUT2D eigenvalue weighted by Crippen LogP contribution is 2.23. The van der Waals surface area contributed by atoms with Crippen molar-refractivity contribution in [3.8, 4) is 0 Å². The molecule has 3 aromatic heterocycles. The summed E-state index contributed by atoms with van der Waals surface area (Å²) >= 11 is 1.42. The fraction of sp³-hybridized carbons (Fsp3) is 0.412. The Morgan fingerprint density at radius 1 is 1.23 bits per heavy atom. The van der Waals surface area contributed by atoms with Crippen molar-refractivity contribution >= 4 is 32.6 Å². The van der Waals surface area contributed by atoms with Crippen LogP contribution in [-0.2, 0) is 13.0 Å². The SMILES string of the molecule is CCc1cc2ncc(CN3CCN(c4nnc(N)s4)CC3)cc2[nH]c1=O. The third-order valence-corrected chi connectivity index (χ3v) is 5.50. The molecule has 0 aromatic carbocycles. The Labute approximate surface area is 154 Å². The quantitative estimate of drug-likeness (QED) is 0.711. The van der Waals surface area contributed by atoms with Crippen LogP contribution in [0.25, 0.3) is 11.0 Å². The summed E-state index contributed by atoms with van der Waals surface area (Å²) in [5, 5.41) is 9.39. The Bertz CT molecular complexity index is 975. The molecule has 3 N–H and O–H groups in total. The molecular weight excluding hydrogens is 350 g/mol. The number of rotatable bonds is 4. The number of hydrogen-bond acceptors (Lipinski definition) is 8. The minimum absolute atomic E-state index is 0.0242. The molecule has 0 atom stereocenters. The molecule has 8 nitrogen and oxygen atoms in total. The number of hydrogen-bond donors (Lipinski definition) is 2. The van der Waals surface area contributed by atoms with Gasteiger partial charge in [-0.1, -0.05) is 18.3 Å². The van der Waals surface area contributed by atoms with Crippen LogP contribution in [0.2, 0.25) is 0 Å². The van der Waals surface area contributed by atoms with Crippen molar-refractivity contribution in [2.24, 2.45) is 0 Å². The van der Waals surface area contributed by atoms with Crippen LogP contribution in [0.4, 0.5) is 10.3 Å². The fourth-order valence-corrected chi connectivity index (χ4v) is 3.89. The summed E-state index contributed by atoms with van der Waals surface area (Å²) in [7, 11) is 0. The largest absolute Gasteiger partial charge is 0.374 e. The third kappa shape index (κ3) is 3.40. The van der Waals surface area contributed by atoms with E-state index in [-0.39, 0.29) is 5.56 Å². The molecule has 0 radical (unpaired) electrons. The fourth-order valence-electron chi connectivity index (χ4n) is 3.23. The summed E-state index contributed by atoms with van der Waals surface area (Å²) in [6.45, 7) is 6.44. The molecule has 26 heavy (non-hydrogen) atoms. The second-order valence-corrected chi connectivity index (χ2v) is 7.43. The molecule has 0 saturated carbocycles. The highest BCUT2D eigenvalue weighted by Gasteiger charge is 2.20. The van der Waals surface area contributed by atoms with Gasteiger partial charge in [-0.2, -0.15) is 0 Å². The Morgan fingerprint density at radius 3 is 2.73 bits per heavy atom.